The number of nitrogens with zero attached hydrogens (tertiary/aromatic N) is 2. The average molecular weight is 939 g/mol. The van der Waals surface area contributed by atoms with Gasteiger partial charge in [-0.25, -0.2) is 0 Å². The monoisotopic (exact) mass is 939 g/mol. The highest BCUT2D eigenvalue weighted by atomic mass is 32.1. The summed E-state index contributed by atoms with van der Waals surface area (Å²) < 4.78 is 2.82. The van der Waals surface area contributed by atoms with Crippen LogP contribution in [0.2, 0.25) is 0 Å². The van der Waals surface area contributed by atoms with Crippen LogP contribution in [0, 0.1) is 6.92 Å². The molecule has 4 heteroatoms. The molecule has 2 nitrogen and oxygen atoms in total. The molecule has 0 spiro atoms. The van der Waals surface area contributed by atoms with Crippen molar-refractivity contribution in [2.75, 3.05) is 9.80 Å². The molecule has 358 valence electrons. The third-order valence-corrected chi connectivity index (χ3v) is 19.6. The molecular weight excluding hydrogens is 864 g/mol. The number of aryl methyl sites for hydroxylation is 1. The van der Waals surface area contributed by atoms with Gasteiger partial charge >= 0.3 is 0 Å². The Balaban J connectivity index is 1.21. The zero-order valence-corrected chi connectivity index (χ0v) is 46.3. The third-order valence-electron chi connectivity index (χ3n) is 18.3. The first kappa shape index (κ1) is 46.0. The Kier molecular flexibility index (Phi) is 9.43. The summed E-state index contributed by atoms with van der Waals surface area (Å²) in [5.41, 5.74) is 26.8. The lowest BCUT2D eigenvalue weighted by Gasteiger charge is -2.54. The van der Waals surface area contributed by atoms with E-state index >= 15 is 0 Å². The maximum Gasteiger partial charge on any atom is 0.264 e. The lowest BCUT2D eigenvalue weighted by atomic mass is 9.35. The number of fused-ring (bicyclic) bond motifs is 10. The SMILES string of the molecule is Cc1cc2c3c(c1)N(c1ccc(C(C)(C)C)cc1-c1ccc4c(c1)C(C)(C)CCC4(C)C)c1c(sc4ccc(C(C)(C)C)cc14)B3c1ccc3c4c1N2c1ccc(C(C)(C)C)cc1C4(C)CCC3(C)C. The highest BCUT2D eigenvalue weighted by molar-refractivity contribution is 7.33. The summed E-state index contributed by atoms with van der Waals surface area (Å²) in [6.07, 6.45) is 4.69. The second-order valence-electron chi connectivity index (χ2n) is 27.7. The summed E-state index contributed by atoms with van der Waals surface area (Å²) in [6, 6.07) is 40.2. The van der Waals surface area contributed by atoms with Gasteiger partial charge in [-0.1, -0.05) is 165 Å². The number of rotatable bonds is 2. The van der Waals surface area contributed by atoms with Crippen molar-refractivity contribution in [3.8, 4) is 11.1 Å². The summed E-state index contributed by atoms with van der Waals surface area (Å²) in [4.78, 5) is 5.51. The Morgan fingerprint density at radius 1 is 0.486 bits per heavy atom. The van der Waals surface area contributed by atoms with Crippen LogP contribution in [0.3, 0.4) is 0 Å². The van der Waals surface area contributed by atoms with Crippen molar-refractivity contribution in [2.45, 2.75) is 181 Å². The van der Waals surface area contributed by atoms with Gasteiger partial charge in [-0.05, 0) is 174 Å². The molecule has 12 rings (SSSR count). The quantitative estimate of drug-likeness (QED) is 0.159. The van der Waals surface area contributed by atoms with Gasteiger partial charge in [0.25, 0.3) is 6.71 Å². The normalized spacial score (nSPS) is 20.2. The molecule has 5 aliphatic rings. The largest absolute Gasteiger partial charge is 0.311 e. The van der Waals surface area contributed by atoms with Gasteiger partial charge in [0.05, 0.1) is 17.1 Å². The van der Waals surface area contributed by atoms with E-state index in [1.165, 1.54) is 135 Å². The Hall–Kier alpha value is -5.06. The summed E-state index contributed by atoms with van der Waals surface area (Å²) in [6.45, 7) is 41.2. The summed E-state index contributed by atoms with van der Waals surface area (Å²) in [5.74, 6) is 0. The van der Waals surface area contributed by atoms with Crippen LogP contribution in [0.1, 0.15) is 187 Å². The van der Waals surface area contributed by atoms with Crippen molar-refractivity contribution < 1.29 is 0 Å². The molecule has 3 aliphatic heterocycles. The van der Waals surface area contributed by atoms with Gasteiger partial charge in [0.1, 0.15) is 0 Å². The molecule has 0 saturated carbocycles. The zero-order valence-electron chi connectivity index (χ0n) is 45.4. The van der Waals surface area contributed by atoms with Gasteiger partial charge in [0.2, 0.25) is 0 Å². The van der Waals surface area contributed by atoms with Crippen LogP contribution in [0.15, 0.2) is 97.1 Å². The van der Waals surface area contributed by atoms with E-state index < -0.39 is 0 Å². The average Bonchev–Trinajstić information content (AvgIpc) is 3.66. The van der Waals surface area contributed by atoms with Gasteiger partial charge in [-0.3, -0.25) is 0 Å². The lowest BCUT2D eigenvalue weighted by molar-refractivity contribution is 0.332. The molecule has 7 aromatic rings. The van der Waals surface area contributed by atoms with Crippen LogP contribution in [0.5, 0.6) is 0 Å². The van der Waals surface area contributed by atoms with E-state index in [-0.39, 0.29) is 44.6 Å². The van der Waals surface area contributed by atoms with E-state index in [2.05, 4.69) is 225 Å². The fourth-order valence-corrected chi connectivity index (χ4v) is 15.0. The molecule has 2 aliphatic carbocycles. The number of anilines is 6. The van der Waals surface area contributed by atoms with Crippen LogP contribution in [0.25, 0.3) is 21.2 Å². The van der Waals surface area contributed by atoms with Crippen molar-refractivity contribution in [1.82, 2.24) is 0 Å². The predicted octanol–water partition coefficient (Wildman–Crippen LogP) is 16.9. The molecular formula is C66H75BN2S. The minimum Gasteiger partial charge on any atom is -0.311 e. The summed E-state index contributed by atoms with van der Waals surface area (Å²) in [5, 5.41) is 1.36. The lowest BCUT2D eigenvalue weighted by Crippen LogP contribution is -2.62. The standard InChI is InChI=1S/C66H75BN2S/c1-38-32-52-56-53(33-38)69-51-26-20-42(62(8,9)10)37-48(51)66(17)31-30-64(13,14)46-23-24-49(58(69)55(46)66)67(56)59-57(44-36-41(61(5,6)7)21-27-54(44)70-59)68(52)50-25-19-40(60(2,3)4)35-43(50)39-18-22-45-47(34-39)65(15,16)29-28-63(45,11)12/h18-27,32-37H,28-31H2,1-17H3. The molecule has 0 radical (unpaired) electrons. The highest BCUT2D eigenvalue weighted by Crippen LogP contribution is 2.62. The van der Waals surface area contributed by atoms with Crippen molar-refractivity contribution in [3.63, 3.8) is 0 Å². The van der Waals surface area contributed by atoms with Crippen LogP contribution < -0.4 is 25.5 Å². The second kappa shape index (κ2) is 14.3. The zero-order chi connectivity index (χ0) is 49.8. The van der Waals surface area contributed by atoms with Gasteiger partial charge in [0, 0.05) is 42.9 Å². The molecule has 0 N–H and O–H groups in total. The molecule has 0 bridgehead atoms. The van der Waals surface area contributed by atoms with E-state index in [1.807, 2.05) is 11.3 Å². The van der Waals surface area contributed by atoms with E-state index in [4.69, 9.17) is 0 Å². The number of hydrogen-bond acceptors (Lipinski definition) is 3. The van der Waals surface area contributed by atoms with Crippen LogP contribution in [-0.2, 0) is 37.9 Å². The molecule has 4 heterocycles. The van der Waals surface area contributed by atoms with Crippen LogP contribution in [-0.4, -0.2) is 6.71 Å². The molecule has 0 fully saturated rings. The van der Waals surface area contributed by atoms with Crippen LogP contribution in [0.4, 0.5) is 34.1 Å². The molecule has 1 atom stereocenters. The molecule has 1 unspecified atom stereocenters. The van der Waals surface area contributed by atoms with Crippen molar-refractivity contribution in [1.29, 1.82) is 0 Å². The summed E-state index contributed by atoms with van der Waals surface area (Å²) in [7, 11) is 0. The smallest absolute Gasteiger partial charge is 0.264 e. The van der Waals surface area contributed by atoms with Crippen molar-refractivity contribution in [2.24, 2.45) is 0 Å². The Bertz CT molecular complexity index is 3410. The maximum atomic E-state index is 2.76. The topological polar surface area (TPSA) is 6.48 Å². The first-order chi connectivity index (χ1) is 32.6. The first-order valence-corrected chi connectivity index (χ1v) is 27.4. The van der Waals surface area contributed by atoms with Crippen LogP contribution >= 0.6 is 11.3 Å². The van der Waals surface area contributed by atoms with Gasteiger partial charge in [-0.15, -0.1) is 11.3 Å². The maximum absolute atomic E-state index is 2.76. The fourth-order valence-electron chi connectivity index (χ4n) is 13.7. The number of hydrogen-bond donors (Lipinski definition) is 0. The van der Waals surface area contributed by atoms with E-state index in [0.29, 0.717) is 0 Å². The molecule has 0 saturated heterocycles. The van der Waals surface area contributed by atoms with E-state index in [0.717, 1.165) is 6.42 Å². The number of benzene rings is 6. The van der Waals surface area contributed by atoms with Gasteiger partial charge in [0.15, 0.2) is 0 Å². The molecule has 1 aromatic heterocycles. The molecule has 70 heavy (non-hydrogen) atoms. The highest BCUT2D eigenvalue weighted by Gasteiger charge is 2.54. The molecule has 0 amide bonds. The van der Waals surface area contributed by atoms with E-state index in [9.17, 15) is 0 Å². The Morgan fingerprint density at radius 3 is 1.69 bits per heavy atom. The Labute approximate surface area is 425 Å². The second-order valence-corrected chi connectivity index (χ2v) is 28.8. The predicted molar refractivity (Wildman–Crippen MR) is 306 cm³/mol. The van der Waals surface area contributed by atoms with Crippen molar-refractivity contribution >= 4 is 78.0 Å². The minimum atomic E-state index is -0.110. The Morgan fingerprint density at radius 2 is 1.03 bits per heavy atom. The number of thiophene rings is 1. The third kappa shape index (κ3) is 6.42. The summed E-state index contributed by atoms with van der Waals surface area (Å²) >= 11 is 2.04. The van der Waals surface area contributed by atoms with Gasteiger partial charge < -0.3 is 9.80 Å². The van der Waals surface area contributed by atoms with Gasteiger partial charge in [-0.2, -0.15) is 0 Å². The molecule has 6 aromatic carbocycles. The fraction of sp³-hybridized carbons (Fsp3) is 0.424. The minimum absolute atomic E-state index is 0.00108. The first-order valence-electron chi connectivity index (χ1n) is 26.5. The van der Waals surface area contributed by atoms with Crippen molar-refractivity contribution in [3.05, 3.63) is 147 Å². The van der Waals surface area contributed by atoms with E-state index in [1.54, 1.807) is 5.56 Å².